The SMILES string of the molecule is COc1ccc(S[C@@H](C)C(=O)NCc2cccc(OC(C)C)c2)cc1OC. The van der Waals surface area contributed by atoms with E-state index in [4.69, 9.17) is 14.2 Å². The topological polar surface area (TPSA) is 56.8 Å². The average Bonchev–Trinajstić information content (AvgIpc) is 2.65. The second kappa shape index (κ2) is 10.1. The third kappa shape index (κ3) is 6.40. The van der Waals surface area contributed by atoms with Crippen LogP contribution in [0.3, 0.4) is 0 Å². The number of nitrogens with one attached hydrogen (secondary N) is 1. The quantitative estimate of drug-likeness (QED) is 0.649. The zero-order valence-corrected chi connectivity index (χ0v) is 17.3. The standard InChI is InChI=1S/C21H27NO4S/c1-14(2)26-17-8-6-7-16(11-17)13-22-21(23)15(3)27-18-9-10-19(24-4)20(12-18)25-5/h6-12,14-15H,13H2,1-5H3,(H,22,23)/t15-/m0/s1. The van der Waals surface area contributed by atoms with Crippen molar-refractivity contribution in [1.29, 1.82) is 0 Å². The molecule has 0 aliphatic rings. The van der Waals surface area contributed by atoms with Gasteiger partial charge in [0.25, 0.3) is 0 Å². The number of hydrogen-bond donors (Lipinski definition) is 1. The van der Waals surface area contributed by atoms with Crippen LogP contribution in [-0.2, 0) is 11.3 Å². The van der Waals surface area contributed by atoms with E-state index < -0.39 is 0 Å². The minimum Gasteiger partial charge on any atom is -0.493 e. The Balaban J connectivity index is 1.92. The predicted molar refractivity (Wildman–Crippen MR) is 109 cm³/mol. The Kier molecular flexibility index (Phi) is 7.85. The molecule has 0 saturated heterocycles. The molecular weight excluding hydrogens is 362 g/mol. The first-order valence-corrected chi connectivity index (χ1v) is 9.73. The van der Waals surface area contributed by atoms with Gasteiger partial charge in [-0.2, -0.15) is 0 Å². The van der Waals surface area contributed by atoms with Gasteiger partial charge in [0.1, 0.15) is 5.75 Å². The van der Waals surface area contributed by atoms with Crippen LogP contribution in [0.25, 0.3) is 0 Å². The van der Waals surface area contributed by atoms with Crippen LogP contribution in [0.4, 0.5) is 0 Å². The van der Waals surface area contributed by atoms with Gasteiger partial charge in [-0.25, -0.2) is 0 Å². The van der Waals surface area contributed by atoms with E-state index in [2.05, 4.69) is 5.32 Å². The normalized spacial score (nSPS) is 11.8. The van der Waals surface area contributed by atoms with Gasteiger partial charge in [0.05, 0.1) is 25.6 Å². The summed E-state index contributed by atoms with van der Waals surface area (Å²) in [6, 6.07) is 13.4. The molecule has 2 aromatic rings. The van der Waals surface area contributed by atoms with Crippen LogP contribution in [0, 0.1) is 0 Å². The molecule has 1 atom stereocenters. The molecule has 0 fully saturated rings. The second-order valence-corrected chi connectivity index (χ2v) is 7.72. The van der Waals surface area contributed by atoms with E-state index in [0.717, 1.165) is 16.2 Å². The average molecular weight is 390 g/mol. The van der Waals surface area contributed by atoms with Crippen LogP contribution >= 0.6 is 11.8 Å². The molecule has 1 amide bonds. The smallest absolute Gasteiger partial charge is 0.233 e. The first kappa shape index (κ1) is 21.0. The lowest BCUT2D eigenvalue weighted by Gasteiger charge is -2.14. The van der Waals surface area contributed by atoms with E-state index in [1.807, 2.05) is 63.2 Å². The molecule has 2 rings (SSSR count). The highest BCUT2D eigenvalue weighted by atomic mass is 32.2. The molecule has 0 saturated carbocycles. The van der Waals surface area contributed by atoms with E-state index in [1.54, 1.807) is 14.2 Å². The number of hydrogen-bond acceptors (Lipinski definition) is 5. The molecule has 6 heteroatoms. The summed E-state index contributed by atoms with van der Waals surface area (Å²) in [5, 5.41) is 2.74. The predicted octanol–water partition coefficient (Wildman–Crippen LogP) is 4.29. The number of thioether (sulfide) groups is 1. The molecule has 0 unspecified atom stereocenters. The van der Waals surface area contributed by atoms with Crippen LogP contribution in [0.1, 0.15) is 26.3 Å². The monoisotopic (exact) mass is 389 g/mol. The van der Waals surface area contributed by atoms with Crippen molar-refractivity contribution in [1.82, 2.24) is 5.32 Å². The van der Waals surface area contributed by atoms with Gasteiger partial charge >= 0.3 is 0 Å². The molecule has 1 N–H and O–H groups in total. The Hall–Kier alpha value is -2.34. The molecule has 0 radical (unpaired) electrons. The number of carbonyl (C=O) groups is 1. The van der Waals surface area contributed by atoms with Crippen LogP contribution in [0.2, 0.25) is 0 Å². The maximum Gasteiger partial charge on any atom is 0.233 e. The Morgan fingerprint density at radius 2 is 1.78 bits per heavy atom. The summed E-state index contributed by atoms with van der Waals surface area (Å²) >= 11 is 1.47. The largest absolute Gasteiger partial charge is 0.493 e. The third-order valence-electron chi connectivity index (χ3n) is 3.77. The molecule has 2 aromatic carbocycles. The summed E-state index contributed by atoms with van der Waals surface area (Å²) in [5.74, 6) is 2.11. The lowest BCUT2D eigenvalue weighted by molar-refractivity contribution is -0.120. The van der Waals surface area contributed by atoms with Crippen molar-refractivity contribution >= 4 is 17.7 Å². The summed E-state index contributed by atoms with van der Waals surface area (Å²) in [7, 11) is 3.20. The van der Waals surface area contributed by atoms with E-state index in [1.165, 1.54) is 11.8 Å². The van der Waals surface area contributed by atoms with Gasteiger partial charge in [0.15, 0.2) is 11.5 Å². The number of amides is 1. The van der Waals surface area contributed by atoms with Crippen molar-refractivity contribution in [2.45, 2.75) is 43.6 Å². The van der Waals surface area contributed by atoms with Gasteiger partial charge in [-0.05, 0) is 56.7 Å². The molecular formula is C21H27NO4S. The fourth-order valence-electron chi connectivity index (χ4n) is 2.48. The van der Waals surface area contributed by atoms with Crippen molar-refractivity contribution in [3.05, 3.63) is 48.0 Å². The summed E-state index contributed by atoms with van der Waals surface area (Å²) in [6.07, 6.45) is 0.118. The van der Waals surface area contributed by atoms with Gasteiger partial charge in [-0.3, -0.25) is 4.79 Å². The number of methoxy groups -OCH3 is 2. The van der Waals surface area contributed by atoms with Gasteiger partial charge in [0.2, 0.25) is 5.91 Å². The second-order valence-electron chi connectivity index (χ2n) is 6.31. The Morgan fingerprint density at radius 1 is 1.04 bits per heavy atom. The lowest BCUT2D eigenvalue weighted by atomic mass is 10.2. The summed E-state index contributed by atoms with van der Waals surface area (Å²) in [6.45, 7) is 6.32. The van der Waals surface area contributed by atoms with Crippen LogP contribution in [0.5, 0.6) is 17.2 Å². The number of rotatable bonds is 9. The molecule has 0 bridgehead atoms. The molecule has 146 valence electrons. The number of benzene rings is 2. The van der Waals surface area contributed by atoms with Crippen molar-refractivity contribution in [3.63, 3.8) is 0 Å². The zero-order valence-electron chi connectivity index (χ0n) is 16.4. The van der Waals surface area contributed by atoms with Gasteiger partial charge in [0, 0.05) is 11.4 Å². The highest BCUT2D eigenvalue weighted by molar-refractivity contribution is 8.00. The Labute approximate surface area is 165 Å². The summed E-state index contributed by atoms with van der Waals surface area (Å²) in [4.78, 5) is 13.4. The minimum atomic E-state index is -0.238. The number of ether oxygens (including phenoxy) is 3. The van der Waals surface area contributed by atoms with Crippen LogP contribution in [0.15, 0.2) is 47.4 Å². The highest BCUT2D eigenvalue weighted by Gasteiger charge is 2.15. The fourth-order valence-corrected chi connectivity index (χ4v) is 3.40. The molecule has 0 spiro atoms. The molecule has 0 aromatic heterocycles. The van der Waals surface area contributed by atoms with Crippen LogP contribution < -0.4 is 19.5 Å². The van der Waals surface area contributed by atoms with Crippen molar-refractivity contribution in [3.8, 4) is 17.2 Å². The van der Waals surface area contributed by atoms with Gasteiger partial charge in [-0.15, -0.1) is 11.8 Å². The Morgan fingerprint density at radius 3 is 2.44 bits per heavy atom. The molecule has 27 heavy (non-hydrogen) atoms. The third-order valence-corrected chi connectivity index (χ3v) is 4.87. The van der Waals surface area contributed by atoms with Crippen LogP contribution in [-0.4, -0.2) is 31.5 Å². The van der Waals surface area contributed by atoms with Crippen molar-refractivity contribution < 1.29 is 19.0 Å². The lowest BCUT2D eigenvalue weighted by Crippen LogP contribution is -2.30. The summed E-state index contributed by atoms with van der Waals surface area (Å²) in [5.41, 5.74) is 1.00. The van der Waals surface area contributed by atoms with E-state index in [9.17, 15) is 4.79 Å². The highest BCUT2D eigenvalue weighted by Crippen LogP contribution is 2.33. The van der Waals surface area contributed by atoms with Crippen molar-refractivity contribution in [2.24, 2.45) is 0 Å². The van der Waals surface area contributed by atoms with E-state index in [-0.39, 0.29) is 17.3 Å². The summed E-state index contributed by atoms with van der Waals surface area (Å²) < 4.78 is 16.2. The van der Waals surface area contributed by atoms with Crippen molar-refractivity contribution in [2.75, 3.05) is 14.2 Å². The molecule has 0 heterocycles. The minimum absolute atomic E-state index is 0.0232. The molecule has 0 aliphatic heterocycles. The zero-order chi connectivity index (χ0) is 19.8. The van der Waals surface area contributed by atoms with E-state index in [0.29, 0.717) is 18.0 Å². The first-order chi connectivity index (χ1) is 12.9. The molecule has 5 nitrogen and oxygen atoms in total. The van der Waals surface area contributed by atoms with E-state index >= 15 is 0 Å². The first-order valence-electron chi connectivity index (χ1n) is 8.85. The number of carbonyl (C=O) groups excluding carboxylic acids is 1. The maximum absolute atomic E-state index is 12.4. The fraction of sp³-hybridized carbons (Fsp3) is 0.381. The van der Waals surface area contributed by atoms with Gasteiger partial charge in [-0.1, -0.05) is 12.1 Å². The Bertz CT molecular complexity index is 764. The maximum atomic E-state index is 12.4. The molecule has 0 aliphatic carbocycles. The van der Waals surface area contributed by atoms with Gasteiger partial charge < -0.3 is 19.5 Å².